The third kappa shape index (κ3) is 3.68. The summed E-state index contributed by atoms with van der Waals surface area (Å²) in [6.07, 6.45) is 3.73. The van der Waals surface area contributed by atoms with Crippen molar-refractivity contribution in [1.29, 1.82) is 0 Å². The molecule has 0 spiro atoms. The van der Waals surface area contributed by atoms with Crippen LogP contribution < -0.4 is 4.74 Å². The van der Waals surface area contributed by atoms with Crippen molar-refractivity contribution in [1.82, 2.24) is 4.98 Å². The number of pyridine rings is 1. The van der Waals surface area contributed by atoms with Crippen LogP contribution in [0, 0.1) is 16.0 Å². The number of methoxy groups -OCH3 is 1. The van der Waals surface area contributed by atoms with Crippen LogP contribution in [0.5, 0.6) is 5.88 Å². The first-order chi connectivity index (χ1) is 10.0. The molecule has 1 aliphatic rings. The summed E-state index contributed by atoms with van der Waals surface area (Å²) in [7, 11) is 1.23. The summed E-state index contributed by atoms with van der Waals surface area (Å²) in [5.74, 6) is -0.236. The van der Waals surface area contributed by atoms with Gasteiger partial charge in [0.25, 0.3) is 5.88 Å². The molecule has 0 radical (unpaired) electrons. The Kier molecular flexibility index (Phi) is 4.72. The van der Waals surface area contributed by atoms with Crippen LogP contribution in [0.2, 0.25) is 0 Å². The first kappa shape index (κ1) is 15.2. The molecule has 0 saturated heterocycles. The minimum Gasteiger partial charge on any atom is -0.469 e. The number of hydrogen-bond acceptors (Lipinski definition) is 6. The van der Waals surface area contributed by atoms with E-state index in [2.05, 4.69) is 16.6 Å². The predicted molar refractivity (Wildman–Crippen MR) is 74.3 cm³/mol. The van der Waals surface area contributed by atoms with E-state index >= 15 is 0 Å². The Morgan fingerprint density at radius 2 is 2.19 bits per heavy atom. The molecule has 1 fully saturated rings. The van der Waals surface area contributed by atoms with Gasteiger partial charge in [0.1, 0.15) is 6.10 Å². The van der Waals surface area contributed by atoms with Crippen LogP contribution >= 0.6 is 0 Å². The fraction of sp³-hybridized carbons (Fsp3) is 0.571. The van der Waals surface area contributed by atoms with Crippen LogP contribution in [0.4, 0.5) is 5.69 Å². The summed E-state index contributed by atoms with van der Waals surface area (Å²) in [5, 5.41) is 11.0. The smallest absolute Gasteiger partial charge is 0.356 e. The van der Waals surface area contributed by atoms with E-state index in [9.17, 15) is 14.9 Å². The Labute approximate surface area is 122 Å². The monoisotopic (exact) mass is 294 g/mol. The molecule has 0 aromatic carbocycles. The molecule has 1 heterocycles. The van der Waals surface area contributed by atoms with Crippen LogP contribution in [-0.2, 0) is 4.74 Å². The number of ether oxygens (including phenoxy) is 2. The van der Waals surface area contributed by atoms with Gasteiger partial charge in [0.15, 0.2) is 5.69 Å². The van der Waals surface area contributed by atoms with Crippen molar-refractivity contribution in [2.45, 2.75) is 38.7 Å². The predicted octanol–water partition coefficient (Wildman–Crippen LogP) is 2.73. The zero-order chi connectivity index (χ0) is 15.4. The van der Waals surface area contributed by atoms with E-state index in [4.69, 9.17) is 4.74 Å². The Balaban J connectivity index is 2.25. The molecule has 2 atom stereocenters. The summed E-state index contributed by atoms with van der Waals surface area (Å²) in [4.78, 5) is 25.9. The second-order valence-corrected chi connectivity index (χ2v) is 5.28. The van der Waals surface area contributed by atoms with Gasteiger partial charge in [0, 0.05) is 6.07 Å². The molecule has 7 nitrogen and oxygen atoms in total. The zero-order valence-electron chi connectivity index (χ0n) is 12.1. The minimum atomic E-state index is -0.647. The van der Waals surface area contributed by atoms with Crippen LogP contribution in [0.3, 0.4) is 0 Å². The van der Waals surface area contributed by atoms with Crippen molar-refractivity contribution in [3.63, 3.8) is 0 Å². The van der Waals surface area contributed by atoms with Gasteiger partial charge in [0.05, 0.1) is 12.0 Å². The van der Waals surface area contributed by atoms with E-state index in [0.717, 1.165) is 25.7 Å². The average Bonchev–Trinajstić information content (AvgIpc) is 2.46. The standard InChI is InChI=1S/C14H18N2O5/c1-9-4-3-5-10(8-9)21-13-12(16(18)19)7-6-11(15-13)14(17)20-2/h6-7,9-10H,3-5,8H2,1-2H3. The van der Waals surface area contributed by atoms with Crippen molar-refractivity contribution < 1.29 is 19.2 Å². The SMILES string of the molecule is COC(=O)c1ccc([N+](=O)[O-])c(OC2CCCC(C)C2)n1. The third-order valence-electron chi connectivity index (χ3n) is 3.60. The molecule has 2 unspecified atom stereocenters. The molecule has 0 aliphatic heterocycles. The number of hydrogen-bond donors (Lipinski definition) is 0. The number of nitro groups is 1. The van der Waals surface area contributed by atoms with E-state index in [1.165, 1.54) is 19.2 Å². The number of esters is 1. The fourth-order valence-electron chi connectivity index (χ4n) is 2.52. The van der Waals surface area contributed by atoms with Crippen molar-refractivity contribution in [3.05, 3.63) is 27.9 Å². The number of nitrogens with zero attached hydrogens (tertiary/aromatic N) is 2. The summed E-state index contributed by atoms with van der Waals surface area (Å²) in [5.41, 5.74) is -0.233. The number of rotatable bonds is 4. The van der Waals surface area contributed by atoms with E-state index in [1.807, 2.05) is 0 Å². The topological polar surface area (TPSA) is 91.6 Å². The van der Waals surface area contributed by atoms with Gasteiger partial charge in [-0.3, -0.25) is 10.1 Å². The molecule has 21 heavy (non-hydrogen) atoms. The van der Waals surface area contributed by atoms with Crippen LogP contribution in [0.1, 0.15) is 43.1 Å². The van der Waals surface area contributed by atoms with Crippen LogP contribution in [0.25, 0.3) is 0 Å². The maximum absolute atomic E-state index is 11.5. The van der Waals surface area contributed by atoms with Crippen LogP contribution in [-0.4, -0.2) is 29.1 Å². The van der Waals surface area contributed by atoms with Crippen molar-refractivity contribution in [2.75, 3.05) is 7.11 Å². The summed E-state index contributed by atoms with van der Waals surface area (Å²) < 4.78 is 10.3. The van der Waals surface area contributed by atoms with Gasteiger partial charge in [-0.05, 0) is 31.2 Å². The quantitative estimate of drug-likeness (QED) is 0.481. The largest absolute Gasteiger partial charge is 0.469 e. The summed E-state index contributed by atoms with van der Waals surface area (Å²) >= 11 is 0. The fourth-order valence-corrected chi connectivity index (χ4v) is 2.52. The Hall–Kier alpha value is -2.18. The van der Waals surface area contributed by atoms with Crippen molar-refractivity contribution in [2.24, 2.45) is 5.92 Å². The molecule has 1 aliphatic carbocycles. The lowest BCUT2D eigenvalue weighted by atomic mass is 9.89. The first-order valence-corrected chi connectivity index (χ1v) is 6.91. The molecule has 0 amide bonds. The maximum Gasteiger partial charge on any atom is 0.356 e. The van der Waals surface area contributed by atoms with Gasteiger partial charge >= 0.3 is 11.7 Å². The molecule has 0 bridgehead atoms. The number of carbonyl (C=O) groups is 1. The Morgan fingerprint density at radius 3 is 2.81 bits per heavy atom. The summed E-state index contributed by atoms with van der Waals surface area (Å²) in [6.45, 7) is 2.13. The molecule has 1 aromatic heterocycles. The minimum absolute atomic E-state index is 0.00181. The molecule has 1 aromatic rings. The molecule has 2 rings (SSSR count). The van der Waals surface area contributed by atoms with E-state index < -0.39 is 10.9 Å². The highest BCUT2D eigenvalue weighted by Gasteiger charge is 2.26. The number of carbonyl (C=O) groups excluding carboxylic acids is 1. The first-order valence-electron chi connectivity index (χ1n) is 6.91. The van der Waals surface area contributed by atoms with Crippen LogP contribution in [0.15, 0.2) is 12.1 Å². The molecule has 7 heteroatoms. The van der Waals surface area contributed by atoms with Crippen molar-refractivity contribution in [3.8, 4) is 5.88 Å². The van der Waals surface area contributed by atoms with Gasteiger partial charge in [0.2, 0.25) is 0 Å². The lowest BCUT2D eigenvalue weighted by Crippen LogP contribution is -2.25. The lowest BCUT2D eigenvalue weighted by molar-refractivity contribution is -0.386. The van der Waals surface area contributed by atoms with Gasteiger partial charge in [-0.15, -0.1) is 0 Å². The van der Waals surface area contributed by atoms with E-state index in [0.29, 0.717) is 5.92 Å². The molecule has 0 N–H and O–H groups in total. The van der Waals surface area contributed by atoms with E-state index in [1.54, 1.807) is 0 Å². The lowest BCUT2D eigenvalue weighted by Gasteiger charge is -2.26. The molecule has 1 saturated carbocycles. The average molecular weight is 294 g/mol. The molecule has 114 valence electrons. The normalized spacial score (nSPS) is 21.6. The highest BCUT2D eigenvalue weighted by atomic mass is 16.6. The van der Waals surface area contributed by atoms with Gasteiger partial charge in [-0.2, -0.15) is 0 Å². The molecular weight excluding hydrogens is 276 g/mol. The highest BCUT2D eigenvalue weighted by Crippen LogP contribution is 2.31. The summed E-state index contributed by atoms with van der Waals surface area (Å²) in [6, 6.07) is 2.49. The Bertz CT molecular complexity index is 546. The zero-order valence-corrected chi connectivity index (χ0v) is 12.1. The maximum atomic E-state index is 11.5. The van der Waals surface area contributed by atoms with Gasteiger partial charge in [-0.25, -0.2) is 9.78 Å². The third-order valence-corrected chi connectivity index (χ3v) is 3.60. The second-order valence-electron chi connectivity index (χ2n) is 5.28. The van der Waals surface area contributed by atoms with Crippen molar-refractivity contribution >= 4 is 11.7 Å². The molecular formula is C14H18N2O5. The highest BCUT2D eigenvalue weighted by molar-refractivity contribution is 5.87. The van der Waals surface area contributed by atoms with E-state index in [-0.39, 0.29) is 23.4 Å². The van der Waals surface area contributed by atoms with Gasteiger partial charge < -0.3 is 9.47 Å². The Morgan fingerprint density at radius 1 is 1.43 bits per heavy atom. The number of aromatic nitrogens is 1. The second kappa shape index (κ2) is 6.51. The van der Waals surface area contributed by atoms with Gasteiger partial charge in [-0.1, -0.05) is 13.3 Å².